The largest absolute Gasteiger partial charge is 0.342 e. The highest BCUT2D eigenvalue weighted by atomic mass is 32.1. The maximum Gasteiger partial charge on any atom is 0.262 e. The minimum Gasteiger partial charge on any atom is -0.342 e. The molecule has 0 saturated carbocycles. The molecular weight excluding hydrogens is 396 g/mol. The molecule has 1 aromatic carbocycles. The molecule has 1 unspecified atom stereocenters. The van der Waals surface area contributed by atoms with E-state index in [9.17, 15) is 9.59 Å². The Morgan fingerprint density at radius 2 is 1.93 bits per heavy atom. The van der Waals surface area contributed by atoms with Crippen molar-refractivity contribution in [1.29, 1.82) is 0 Å². The molecule has 2 aliphatic heterocycles. The molecule has 6 nitrogen and oxygen atoms in total. The predicted molar refractivity (Wildman–Crippen MR) is 122 cm³/mol. The zero-order valence-electron chi connectivity index (χ0n) is 17.8. The zero-order chi connectivity index (χ0) is 21.1. The van der Waals surface area contributed by atoms with Crippen LogP contribution < -0.4 is 5.56 Å². The van der Waals surface area contributed by atoms with Crippen LogP contribution in [0.15, 0.2) is 29.1 Å². The highest BCUT2D eigenvalue weighted by Gasteiger charge is 2.26. The van der Waals surface area contributed by atoms with Gasteiger partial charge in [0, 0.05) is 32.6 Å². The third-order valence-corrected chi connectivity index (χ3v) is 7.03. The highest BCUT2D eigenvalue weighted by molar-refractivity contribution is 7.71. The second-order valence-electron chi connectivity index (χ2n) is 9.01. The number of piperidine rings is 2. The highest BCUT2D eigenvalue weighted by Crippen LogP contribution is 2.22. The Morgan fingerprint density at radius 1 is 1.17 bits per heavy atom. The number of carbonyl (C=O) groups excluding carboxylic acids is 1. The van der Waals surface area contributed by atoms with Crippen LogP contribution in [0.25, 0.3) is 10.9 Å². The molecule has 1 amide bonds. The number of likely N-dealkylation sites (tertiary alicyclic amines) is 2. The van der Waals surface area contributed by atoms with Crippen LogP contribution in [-0.2, 0) is 11.3 Å². The van der Waals surface area contributed by atoms with E-state index in [1.807, 2.05) is 23.1 Å². The summed E-state index contributed by atoms with van der Waals surface area (Å²) in [5, 5.41) is 0.604. The molecule has 162 valence electrons. The van der Waals surface area contributed by atoms with Crippen LogP contribution in [0.2, 0.25) is 0 Å². The number of nitrogens with zero attached hydrogens (tertiary/aromatic N) is 3. The first-order chi connectivity index (χ1) is 14.5. The van der Waals surface area contributed by atoms with Crippen LogP contribution in [0.1, 0.15) is 39.0 Å². The number of fused-ring (bicyclic) bond motifs is 1. The van der Waals surface area contributed by atoms with E-state index in [-0.39, 0.29) is 11.5 Å². The fourth-order valence-corrected chi connectivity index (χ4v) is 5.10. The monoisotopic (exact) mass is 428 g/mol. The first-order valence-corrected chi connectivity index (χ1v) is 11.6. The van der Waals surface area contributed by atoms with Gasteiger partial charge in [0.25, 0.3) is 5.56 Å². The van der Waals surface area contributed by atoms with Gasteiger partial charge in [-0.15, -0.1) is 0 Å². The molecule has 0 spiro atoms. The lowest BCUT2D eigenvalue weighted by Gasteiger charge is -2.38. The Kier molecular flexibility index (Phi) is 6.68. The molecule has 2 saturated heterocycles. The van der Waals surface area contributed by atoms with Gasteiger partial charge in [-0.2, -0.15) is 0 Å². The van der Waals surface area contributed by atoms with Crippen molar-refractivity contribution in [2.24, 2.45) is 11.8 Å². The van der Waals surface area contributed by atoms with Gasteiger partial charge in [0.05, 0.1) is 10.9 Å². The van der Waals surface area contributed by atoms with Crippen LogP contribution in [0.5, 0.6) is 0 Å². The van der Waals surface area contributed by atoms with Gasteiger partial charge in [-0.1, -0.05) is 19.1 Å². The number of H-pyrrole nitrogens is 1. The lowest BCUT2D eigenvalue weighted by atomic mass is 9.94. The number of hydrogen-bond acceptors (Lipinski definition) is 4. The van der Waals surface area contributed by atoms with E-state index < -0.39 is 0 Å². The molecule has 4 rings (SSSR count). The van der Waals surface area contributed by atoms with Gasteiger partial charge in [0.1, 0.15) is 0 Å². The summed E-state index contributed by atoms with van der Waals surface area (Å²) in [6, 6.07) is 7.35. The second kappa shape index (κ2) is 9.43. The summed E-state index contributed by atoms with van der Waals surface area (Å²) in [4.78, 5) is 33.4. The number of para-hydroxylation sites is 1. The van der Waals surface area contributed by atoms with Gasteiger partial charge in [-0.05, 0) is 75.0 Å². The summed E-state index contributed by atoms with van der Waals surface area (Å²) in [6.45, 7) is 7.81. The van der Waals surface area contributed by atoms with Crippen LogP contribution in [0.4, 0.5) is 0 Å². The van der Waals surface area contributed by atoms with E-state index in [1.165, 1.54) is 36.9 Å². The molecule has 30 heavy (non-hydrogen) atoms. The summed E-state index contributed by atoms with van der Waals surface area (Å²) in [5.74, 6) is 1.53. The van der Waals surface area contributed by atoms with Crippen molar-refractivity contribution in [3.8, 4) is 0 Å². The summed E-state index contributed by atoms with van der Waals surface area (Å²) in [6.07, 6.45) is 5.15. The Morgan fingerprint density at radius 3 is 2.73 bits per heavy atom. The Labute approximate surface area is 182 Å². The van der Waals surface area contributed by atoms with Crippen molar-refractivity contribution in [3.63, 3.8) is 0 Å². The molecule has 3 heterocycles. The first-order valence-electron chi connectivity index (χ1n) is 11.2. The second-order valence-corrected chi connectivity index (χ2v) is 9.40. The van der Waals surface area contributed by atoms with Crippen molar-refractivity contribution in [2.45, 2.75) is 45.6 Å². The van der Waals surface area contributed by atoms with Crippen molar-refractivity contribution in [1.82, 2.24) is 19.4 Å². The van der Waals surface area contributed by atoms with E-state index in [0.717, 1.165) is 37.5 Å². The number of aromatic nitrogens is 2. The molecule has 0 aliphatic carbocycles. The zero-order valence-corrected chi connectivity index (χ0v) is 18.6. The minimum atomic E-state index is -0.127. The third kappa shape index (κ3) is 4.83. The van der Waals surface area contributed by atoms with E-state index in [1.54, 1.807) is 6.07 Å². The fourth-order valence-electron chi connectivity index (χ4n) is 4.82. The Bertz CT molecular complexity index is 1010. The van der Waals surface area contributed by atoms with E-state index in [4.69, 9.17) is 12.2 Å². The summed E-state index contributed by atoms with van der Waals surface area (Å²) in [5.41, 5.74) is 0.610. The summed E-state index contributed by atoms with van der Waals surface area (Å²) < 4.78 is 1.90. The SMILES string of the molecule is CC1CCN(CC2CCCN(C(=O)CCn3c(=S)[nH]c4ccccc4c3=O)C2)CC1. The number of benzene rings is 1. The Balaban J connectivity index is 1.35. The van der Waals surface area contributed by atoms with Crippen LogP contribution in [-0.4, -0.2) is 58.0 Å². The van der Waals surface area contributed by atoms with Crippen molar-refractivity contribution in [2.75, 3.05) is 32.7 Å². The molecule has 0 bridgehead atoms. The number of nitrogens with one attached hydrogen (secondary N) is 1. The van der Waals surface area contributed by atoms with Gasteiger partial charge in [0.15, 0.2) is 4.77 Å². The molecule has 1 N–H and O–H groups in total. The van der Waals surface area contributed by atoms with Gasteiger partial charge in [-0.25, -0.2) is 0 Å². The minimum absolute atomic E-state index is 0.126. The van der Waals surface area contributed by atoms with Gasteiger partial charge in [-0.3, -0.25) is 14.2 Å². The van der Waals surface area contributed by atoms with Crippen LogP contribution >= 0.6 is 12.2 Å². The Hall–Kier alpha value is -1.99. The van der Waals surface area contributed by atoms with Gasteiger partial charge in [0.2, 0.25) is 5.91 Å². The van der Waals surface area contributed by atoms with Crippen molar-refractivity contribution in [3.05, 3.63) is 39.4 Å². The standard InChI is InChI=1S/C23H32N4O2S/c1-17-8-12-25(13-9-17)15-18-5-4-11-26(16-18)21(28)10-14-27-22(29)19-6-2-3-7-20(19)24-23(27)30/h2-3,6-7,17-18H,4-5,8-16H2,1H3,(H,24,30). The lowest BCUT2D eigenvalue weighted by Crippen LogP contribution is -2.45. The summed E-state index contributed by atoms with van der Waals surface area (Å²) >= 11 is 5.37. The van der Waals surface area contributed by atoms with E-state index in [2.05, 4.69) is 16.8 Å². The predicted octanol–water partition coefficient (Wildman–Crippen LogP) is 3.42. The molecule has 2 aliphatic rings. The van der Waals surface area contributed by atoms with E-state index in [0.29, 0.717) is 29.0 Å². The first kappa shape index (κ1) is 21.2. The number of carbonyl (C=O) groups is 1. The molecule has 1 aromatic heterocycles. The van der Waals surface area contributed by atoms with Crippen molar-refractivity contribution < 1.29 is 4.79 Å². The quantitative estimate of drug-likeness (QED) is 0.742. The van der Waals surface area contributed by atoms with Gasteiger partial charge < -0.3 is 14.8 Å². The normalized spacial score (nSPS) is 21.2. The lowest BCUT2D eigenvalue weighted by molar-refractivity contribution is -0.133. The number of rotatable bonds is 5. The third-order valence-electron chi connectivity index (χ3n) is 6.70. The average Bonchev–Trinajstić information content (AvgIpc) is 2.75. The maximum atomic E-state index is 12.9. The van der Waals surface area contributed by atoms with Crippen LogP contribution in [0.3, 0.4) is 0 Å². The molecule has 0 radical (unpaired) electrons. The molecule has 2 aromatic rings. The molecule has 1 atom stereocenters. The average molecular weight is 429 g/mol. The number of amides is 1. The summed E-state index contributed by atoms with van der Waals surface area (Å²) in [7, 11) is 0. The number of aromatic amines is 1. The number of hydrogen-bond donors (Lipinski definition) is 1. The fraction of sp³-hybridized carbons (Fsp3) is 0.609. The van der Waals surface area contributed by atoms with Gasteiger partial charge >= 0.3 is 0 Å². The molecular formula is C23H32N4O2S. The molecule has 2 fully saturated rings. The van der Waals surface area contributed by atoms with E-state index >= 15 is 0 Å². The van der Waals surface area contributed by atoms with Crippen molar-refractivity contribution >= 4 is 29.0 Å². The topological polar surface area (TPSA) is 61.3 Å². The molecule has 7 heteroatoms. The smallest absolute Gasteiger partial charge is 0.262 e. The van der Waals surface area contributed by atoms with Crippen LogP contribution in [0, 0.1) is 16.6 Å². The maximum absolute atomic E-state index is 12.9.